The van der Waals surface area contributed by atoms with Crippen molar-refractivity contribution in [1.29, 1.82) is 0 Å². The Morgan fingerprint density at radius 2 is 1.76 bits per heavy atom. The van der Waals surface area contributed by atoms with Crippen LogP contribution in [-0.2, 0) is 9.47 Å². The molecule has 1 aromatic rings. The number of nitrogens with one attached hydrogen (secondary N) is 1. The van der Waals surface area contributed by atoms with Gasteiger partial charge in [0.1, 0.15) is 15.4 Å². The number of carbonyl (C=O) groups excluding carboxylic acids is 2. The molecule has 0 saturated heterocycles. The summed E-state index contributed by atoms with van der Waals surface area (Å²) in [5.41, 5.74) is 6.27. The minimum atomic E-state index is -0.534. The Balaban J connectivity index is 3.16. The van der Waals surface area contributed by atoms with Gasteiger partial charge in [0.15, 0.2) is 0 Å². The molecular weight excluding hydrogens is 292 g/mol. The van der Waals surface area contributed by atoms with Crippen LogP contribution in [0.5, 0.6) is 0 Å². The van der Waals surface area contributed by atoms with E-state index in [9.17, 15) is 9.59 Å². The van der Waals surface area contributed by atoms with Gasteiger partial charge in [0.25, 0.3) is 0 Å². The van der Waals surface area contributed by atoms with Gasteiger partial charge in [-0.3, -0.25) is 0 Å². The van der Waals surface area contributed by atoms with Gasteiger partial charge in [-0.25, -0.2) is 9.59 Å². The van der Waals surface area contributed by atoms with Gasteiger partial charge in [0, 0.05) is 6.54 Å². The summed E-state index contributed by atoms with van der Waals surface area (Å²) >= 11 is 1.12. The van der Waals surface area contributed by atoms with Crippen molar-refractivity contribution in [2.75, 3.05) is 30.8 Å². The van der Waals surface area contributed by atoms with Gasteiger partial charge in [0.05, 0.1) is 18.9 Å². The van der Waals surface area contributed by atoms with E-state index in [-0.39, 0.29) is 29.3 Å². The quantitative estimate of drug-likeness (QED) is 0.752. The van der Waals surface area contributed by atoms with E-state index in [0.717, 1.165) is 11.3 Å². The molecule has 0 unspecified atom stereocenters. The van der Waals surface area contributed by atoms with Crippen molar-refractivity contribution in [3.8, 4) is 0 Å². The number of nitrogens with two attached hydrogens (primary N) is 1. The molecule has 0 atom stereocenters. The highest BCUT2D eigenvalue weighted by molar-refractivity contribution is 7.19. The van der Waals surface area contributed by atoms with Crippen LogP contribution >= 0.6 is 11.3 Å². The fraction of sp³-hybridized carbons (Fsp3) is 0.571. The fourth-order valence-electron chi connectivity index (χ4n) is 1.62. The molecule has 0 aromatic carbocycles. The molecule has 3 N–H and O–H groups in total. The number of rotatable bonds is 7. The van der Waals surface area contributed by atoms with Crippen LogP contribution in [0, 0.1) is 5.92 Å². The molecule has 0 aliphatic carbocycles. The number of ether oxygens (including phenoxy) is 2. The molecule has 0 bridgehead atoms. The van der Waals surface area contributed by atoms with Crippen molar-refractivity contribution in [3.63, 3.8) is 0 Å². The average Bonchev–Trinajstić information content (AvgIpc) is 2.74. The summed E-state index contributed by atoms with van der Waals surface area (Å²) in [7, 11) is 0. The van der Waals surface area contributed by atoms with E-state index in [0.29, 0.717) is 17.5 Å². The number of hydrogen-bond donors (Lipinski definition) is 2. The van der Waals surface area contributed by atoms with E-state index in [4.69, 9.17) is 15.2 Å². The van der Waals surface area contributed by atoms with E-state index >= 15 is 0 Å². The maximum Gasteiger partial charge on any atom is 0.350 e. The van der Waals surface area contributed by atoms with Crippen LogP contribution in [0.4, 0.5) is 10.7 Å². The predicted molar refractivity (Wildman–Crippen MR) is 84.0 cm³/mol. The Morgan fingerprint density at radius 3 is 2.29 bits per heavy atom. The third kappa shape index (κ3) is 4.35. The minimum Gasteiger partial charge on any atom is -0.462 e. The van der Waals surface area contributed by atoms with Gasteiger partial charge in [-0.1, -0.05) is 13.8 Å². The van der Waals surface area contributed by atoms with Crippen molar-refractivity contribution < 1.29 is 19.1 Å². The Bertz CT molecular complexity index is 511. The van der Waals surface area contributed by atoms with Gasteiger partial charge in [0.2, 0.25) is 0 Å². The third-order valence-electron chi connectivity index (χ3n) is 2.56. The van der Waals surface area contributed by atoms with Crippen LogP contribution in [0.25, 0.3) is 0 Å². The maximum absolute atomic E-state index is 12.0. The first-order chi connectivity index (χ1) is 9.92. The first-order valence-corrected chi connectivity index (χ1v) is 7.74. The summed E-state index contributed by atoms with van der Waals surface area (Å²) in [6.07, 6.45) is 0. The minimum absolute atomic E-state index is 0.114. The molecule has 0 amide bonds. The second-order valence-electron chi connectivity index (χ2n) is 4.76. The molecular formula is C14H22N2O4S. The van der Waals surface area contributed by atoms with Crippen LogP contribution < -0.4 is 11.1 Å². The van der Waals surface area contributed by atoms with Gasteiger partial charge < -0.3 is 20.5 Å². The fourth-order valence-corrected chi connectivity index (χ4v) is 2.63. The molecule has 0 aliphatic heterocycles. The number of carbonyl (C=O) groups is 2. The molecule has 0 fully saturated rings. The summed E-state index contributed by atoms with van der Waals surface area (Å²) < 4.78 is 9.96. The topological polar surface area (TPSA) is 90.6 Å². The number of anilines is 2. The predicted octanol–water partition coefficient (Wildman–Crippen LogP) is 2.75. The van der Waals surface area contributed by atoms with Crippen molar-refractivity contribution in [3.05, 3.63) is 10.4 Å². The summed E-state index contributed by atoms with van der Waals surface area (Å²) in [5.74, 6) is -0.675. The lowest BCUT2D eigenvalue weighted by atomic mass is 10.2. The number of nitrogen functional groups attached to an aromatic ring is 1. The number of hydrogen-bond acceptors (Lipinski definition) is 7. The lowest BCUT2D eigenvalue weighted by Crippen LogP contribution is -2.13. The van der Waals surface area contributed by atoms with E-state index in [1.807, 2.05) is 13.8 Å². The van der Waals surface area contributed by atoms with Crippen molar-refractivity contribution >= 4 is 34.0 Å². The SMILES string of the molecule is CCOC(=O)c1sc(NCC(C)C)c(C(=O)OCC)c1N. The summed E-state index contributed by atoms with van der Waals surface area (Å²) in [5, 5.41) is 3.68. The van der Waals surface area contributed by atoms with Gasteiger partial charge in [-0.05, 0) is 19.8 Å². The third-order valence-corrected chi connectivity index (χ3v) is 3.70. The zero-order valence-corrected chi connectivity index (χ0v) is 13.6. The molecule has 1 aromatic heterocycles. The summed E-state index contributed by atoms with van der Waals surface area (Å²) in [6, 6.07) is 0. The number of esters is 2. The van der Waals surface area contributed by atoms with Crippen molar-refractivity contribution in [2.24, 2.45) is 5.92 Å². The van der Waals surface area contributed by atoms with Gasteiger partial charge in [-0.2, -0.15) is 0 Å². The van der Waals surface area contributed by atoms with Gasteiger partial charge >= 0.3 is 11.9 Å². The molecule has 1 rings (SSSR count). The Morgan fingerprint density at radius 1 is 1.19 bits per heavy atom. The second kappa shape index (κ2) is 7.87. The van der Waals surface area contributed by atoms with E-state index < -0.39 is 11.9 Å². The Kier molecular flexibility index (Phi) is 6.48. The monoisotopic (exact) mass is 314 g/mol. The van der Waals surface area contributed by atoms with E-state index in [2.05, 4.69) is 5.32 Å². The van der Waals surface area contributed by atoms with Crippen LogP contribution in [0.15, 0.2) is 0 Å². The molecule has 118 valence electrons. The normalized spacial score (nSPS) is 10.5. The van der Waals surface area contributed by atoms with Crippen molar-refractivity contribution in [2.45, 2.75) is 27.7 Å². The Labute approximate surface area is 128 Å². The zero-order valence-electron chi connectivity index (χ0n) is 12.8. The summed E-state index contributed by atoms with van der Waals surface area (Å²) in [4.78, 5) is 24.1. The van der Waals surface area contributed by atoms with E-state index in [1.54, 1.807) is 13.8 Å². The van der Waals surface area contributed by atoms with Crippen LogP contribution in [0.2, 0.25) is 0 Å². The van der Waals surface area contributed by atoms with Gasteiger partial charge in [-0.15, -0.1) is 11.3 Å². The second-order valence-corrected chi connectivity index (χ2v) is 5.79. The lowest BCUT2D eigenvalue weighted by Gasteiger charge is -2.09. The standard InChI is InChI=1S/C14H22N2O4S/c1-5-19-13(17)9-10(15)11(14(18)20-6-2)21-12(9)16-7-8(3)4/h8,16H,5-7,15H2,1-4H3. The molecule has 0 aliphatic rings. The van der Waals surface area contributed by atoms with Crippen LogP contribution in [0.1, 0.15) is 47.7 Å². The first kappa shape index (κ1) is 17.3. The molecule has 7 heteroatoms. The van der Waals surface area contributed by atoms with Crippen molar-refractivity contribution in [1.82, 2.24) is 0 Å². The molecule has 0 saturated carbocycles. The molecule has 0 radical (unpaired) electrons. The molecule has 6 nitrogen and oxygen atoms in total. The largest absolute Gasteiger partial charge is 0.462 e. The number of thiophene rings is 1. The highest BCUT2D eigenvalue weighted by Gasteiger charge is 2.27. The van der Waals surface area contributed by atoms with Crippen LogP contribution in [-0.4, -0.2) is 31.7 Å². The van der Waals surface area contributed by atoms with Crippen LogP contribution in [0.3, 0.4) is 0 Å². The highest BCUT2D eigenvalue weighted by Crippen LogP contribution is 2.37. The zero-order chi connectivity index (χ0) is 16.0. The molecule has 21 heavy (non-hydrogen) atoms. The Hall–Kier alpha value is -1.76. The van der Waals surface area contributed by atoms with E-state index in [1.165, 1.54) is 0 Å². The molecule has 0 spiro atoms. The summed E-state index contributed by atoms with van der Waals surface area (Å²) in [6.45, 7) is 8.67. The average molecular weight is 314 g/mol. The first-order valence-electron chi connectivity index (χ1n) is 6.92. The lowest BCUT2D eigenvalue weighted by molar-refractivity contribution is 0.0528. The highest BCUT2D eigenvalue weighted by atomic mass is 32.1. The molecule has 1 heterocycles. The smallest absolute Gasteiger partial charge is 0.350 e. The maximum atomic E-state index is 12.0.